The first-order chi connectivity index (χ1) is 21.7. The van der Waals surface area contributed by atoms with Crippen molar-refractivity contribution >= 4 is 22.5 Å². The van der Waals surface area contributed by atoms with Crippen LogP contribution in [-0.2, 0) is 24.2 Å². The average Bonchev–Trinajstić information content (AvgIpc) is 3.04. The summed E-state index contributed by atoms with van der Waals surface area (Å²) in [5.74, 6) is 1.15. The number of likely N-dealkylation sites (tertiary alicyclic amines) is 1. The van der Waals surface area contributed by atoms with Crippen LogP contribution in [0.2, 0.25) is 0 Å². The molecule has 0 atom stereocenters. The molecule has 2 heterocycles. The Morgan fingerprint density at radius 3 is 2.49 bits per heavy atom. The number of benzene rings is 3. The van der Waals surface area contributed by atoms with Crippen LogP contribution in [-0.4, -0.2) is 43.0 Å². The molecular weight excluding hydrogens is 563 g/mol. The zero-order chi connectivity index (χ0) is 31.9. The van der Waals surface area contributed by atoms with E-state index in [1.165, 1.54) is 49.5 Å². The van der Waals surface area contributed by atoms with E-state index in [9.17, 15) is 4.79 Å². The minimum atomic E-state index is -0.413. The van der Waals surface area contributed by atoms with Gasteiger partial charge in [-0.15, -0.1) is 0 Å². The van der Waals surface area contributed by atoms with Crippen molar-refractivity contribution in [3.05, 3.63) is 113 Å². The van der Waals surface area contributed by atoms with Gasteiger partial charge in [0.2, 0.25) is 0 Å². The molecule has 1 saturated heterocycles. The van der Waals surface area contributed by atoms with Gasteiger partial charge in [0, 0.05) is 30.2 Å². The molecule has 236 valence electrons. The fourth-order valence-electron chi connectivity index (χ4n) is 6.14. The number of nitrogens with zero attached hydrogens (tertiary/aromatic N) is 2. The fraction of sp³-hybridized carbons (Fsp3) is 0.368. The number of fused-ring (bicyclic) bond motifs is 1. The molecule has 1 aliphatic rings. The second-order valence-electron chi connectivity index (χ2n) is 12.6. The number of piperidine rings is 1. The molecule has 2 N–H and O–H groups in total. The molecule has 1 fully saturated rings. The first-order valence-electron chi connectivity index (χ1n) is 15.9. The zero-order valence-corrected chi connectivity index (χ0v) is 27.0. The van der Waals surface area contributed by atoms with Gasteiger partial charge in [-0.25, -0.2) is 4.39 Å². The summed E-state index contributed by atoms with van der Waals surface area (Å²) >= 11 is 0. The van der Waals surface area contributed by atoms with Crippen LogP contribution >= 0.6 is 0 Å². The lowest BCUT2D eigenvalue weighted by atomic mass is 9.86. The lowest BCUT2D eigenvalue weighted by Crippen LogP contribution is -2.30. The van der Waals surface area contributed by atoms with Crippen molar-refractivity contribution in [1.82, 2.24) is 15.2 Å². The number of methoxy groups -OCH3 is 1. The van der Waals surface area contributed by atoms with Gasteiger partial charge >= 0.3 is 0 Å². The summed E-state index contributed by atoms with van der Waals surface area (Å²) in [5.41, 5.74) is 6.85. The first kappa shape index (κ1) is 32.2. The molecule has 5 rings (SSSR count). The van der Waals surface area contributed by atoms with E-state index in [1.807, 2.05) is 36.5 Å². The molecule has 4 aromatic rings. The van der Waals surface area contributed by atoms with Crippen LogP contribution in [0.15, 0.2) is 79.1 Å². The number of amides is 1. The molecule has 3 aromatic carbocycles. The van der Waals surface area contributed by atoms with E-state index in [4.69, 9.17) is 9.72 Å². The van der Waals surface area contributed by atoms with Crippen molar-refractivity contribution in [3.8, 4) is 5.75 Å². The molecule has 0 aliphatic carbocycles. The molecule has 6 nitrogen and oxygen atoms in total. The van der Waals surface area contributed by atoms with Crippen LogP contribution < -0.4 is 15.4 Å². The van der Waals surface area contributed by atoms with E-state index in [1.54, 1.807) is 19.2 Å². The Balaban J connectivity index is 1.25. The average molecular weight is 609 g/mol. The Hall–Kier alpha value is -4.23. The van der Waals surface area contributed by atoms with Crippen molar-refractivity contribution in [2.75, 3.05) is 32.6 Å². The van der Waals surface area contributed by atoms with E-state index in [0.29, 0.717) is 30.1 Å². The van der Waals surface area contributed by atoms with Crippen LogP contribution in [0.25, 0.3) is 10.9 Å². The SMILES string of the molecule is C=C(NCc1ccc(OC)cc1)C(=O)Nc1ccc(Cc2ccnc3cc(CCC4CCN(C)CC4)c(C(C)C)cc23)c(F)c1. The van der Waals surface area contributed by atoms with Crippen molar-refractivity contribution in [1.29, 1.82) is 0 Å². The Kier molecular flexibility index (Phi) is 10.5. The first-order valence-corrected chi connectivity index (χ1v) is 15.9. The molecule has 45 heavy (non-hydrogen) atoms. The highest BCUT2D eigenvalue weighted by Crippen LogP contribution is 2.31. The van der Waals surface area contributed by atoms with Crippen molar-refractivity contribution in [2.45, 2.75) is 58.4 Å². The van der Waals surface area contributed by atoms with Gasteiger partial charge in [0.25, 0.3) is 5.91 Å². The highest BCUT2D eigenvalue weighted by molar-refractivity contribution is 6.02. The van der Waals surface area contributed by atoms with Gasteiger partial charge in [0.1, 0.15) is 11.6 Å². The smallest absolute Gasteiger partial charge is 0.271 e. The third kappa shape index (κ3) is 8.28. The molecular formula is C38H45FN4O2. The Labute approximate surface area is 266 Å². The molecule has 0 unspecified atom stereocenters. The summed E-state index contributed by atoms with van der Waals surface area (Å²) in [6, 6.07) is 18.9. The molecule has 1 aromatic heterocycles. The van der Waals surface area contributed by atoms with Crippen LogP contribution in [0.4, 0.5) is 10.1 Å². The predicted octanol–water partition coefficient (Wildman–Crippen LogP) is 7.61. The summed E-state index contributed by atoms with van der Waals surface area (Å²) in [6.45, 7) is 11.1. The monoisotopic (exact) mass is 608 g/mol. The van der Waals surface area contributed by atoms with Crippen LogP contribution in [0.1, 0.15) is 66.8 Å². The molecule has 0 saturated carbocycles. The number of pyridine rings is 1. The maximum absolute atomic E-state index is 15.4. The number of halogens is 1. The van der Waals surface area contributed by atoms with Gasteiger partial charge in [-0.1, -0.05) is 38.6 Å². The number of ether oxygens (including phenoxy) is 1. The van der Waals surface area contributed by atoms with E-state index >= 15 is 4.39 Å². The standard InChI is InChI=1S/C38H45FN4O2/c1-25(2)34-23-35-30(14-17-40-37(35)21-29(34)9-6-27-15-18-43(4)19-16-27)20-31-10-11-32(22-36(31)39)42-38(44)26(3)41-24-28-7-12-33(45-5)13-8-28/h7-8,10-14,17,21-23,25,27,41H,3,6,9,15-16,18-20,24H2,1-2,4-5H3,(H,42,44). The van der Waals surface area contributed by atoms with Crippen LogP contribution in [0.5, 0.6) is 5.75 Å². The molecule has 0 radical (unpaired) electrons. The summed E-state index contributed by atoms with van der Waals surface area (Å²) in [6.07, 6.45) is 7.07. The molecule has 0 spiro atoms. The number of rotatable bonds is 12. The van der Waals surface area contributed by atoms with Gasteiger partial charge in [-0.3, -0.25) is 9.78 Å². The van der Waals surface area contributed by atoms with E-state index in [0.717, 1.165) is 40.1 Å². The number of hydrogen-bond donors (Lipinski definition) is 2. The second kappa shape index (κ2) is 14.7. The summed E-state index contributed by atoms with van der Waals surface area (Å²) in [7, 11) is 3.83. The maximum atomic E-state index is 15.4. The zero-order valence-electron chi connectivity index (χ0n) is 27.0. The number of hydrogen-bond acceptors (Lipinski definition) is 5. The Morgan fingerprint density at radius 2 is 1.80 bits per heavy atom. The van der Waals surface area contributed by atoms with Gasteiger partial charge in [0.15, 0.2) is 0 Å². The normalized spacial score (nSPS) is 14.1. The second-order valence-corrected chi connectivity index (χ2v) is 12.6. The van der Waals surface area contributed by atoms with Crippen LogP contribution in [0, 0.1) is 11.7 Å². The van der Waals surface area contributed by atoms with Gasteiger partial charge in [-0.2, -0.15) is 0 Å². The van der Waals surface area contributed by atoms with Crippen molar-refractivity contribution < 1.29 is 13.9 Å². The third-order valence-electron chi connectivity index (χ3n) is 9.01. The number of aryl methyl sites for hydroxylation is 1. The van der Waals surface area contributed by atoms with E-state index in [-0.39, 0.29) is 11.5 Å². The van der Waals surface area contributed by atoms with Crippen molar-refractivity contribution in [3.63, 3.8) is 0 Å². The highest BCUT2D eigenvalue weighted by Gasteiger charge is 2.19. The number of aromatic nitrogens is 1. The van der Waals surface area contributed by atoms with E-state index in [2.05, 4.69) is 55.1 Å². The summed E-state index contributed by atoms with van der Waals surface area (Å²) in [4.78, 5) is 19.8. The topological polar surface area (TPSA) is 66.5 Å². The third-order valence-corrected chi connectivity index (χ3v) is 9.01. The highest BCUT2D eigenvalue weighted by atomic mass is 19.1. The minimum Gasteiger partial charge on any atom is -0.497 e. The Bertz CT molecular complexity index is 1640. The van der Waals surface area contributed by atoms with Gasteiger partial charge < -0.3 is 20.3 Å². The number of anilines is 1. The quantitative estimate of drug-likeness (QED) is 0.162. The predicted molar refractivity (Wildman–Crippen MR) is 181 cm³/mol. The van der Waals surface area contributed by atoms with Crippen molar-refractivity contribution in [2.24, 2.45) is 5.92 Å². The summed E-state index contributed by atoms with van der Waals surface area (Å²) in [5, 5.41) is 6.84. The molecule has 1 amide bonds. The molecule has 7 heteroatoms. The van der Waals surface area contributed by atoms with Gasteiger partial charge in [0.05, 0.1) is 18.3 Å². The lowest BCUT2D eigenvalue weighted by Gasteiger charge is -2.29. The number of carbonyl (C=O) groups excluding carboxylic acids is 1. The largest absolute Gasteiger partial charge is 0.497 e. The maximum Gasteiger partial charge on any atom is 0.271 e. The number of nitrogens with one attached hydrogen (secondary N) is 2. The molecule has 0 bridgehead atoms. The van der Waals surface area contributed by atoms with E-state index < -0.39 is 5.91 Å². The van der Waals surface area contributed by atoms with Gasteiger partial charge in [-0.05, 0) is 128 Å². The summed E-state index contributed by atoms with van der Waals surface area (Å²) < 4.78 is 20.6. The lowest BCUT2D eigenvalue weighted by molar-refractivity contribution is -0.113. The minimum absolute atomic E-state index is 0.199. The number of carbonyl (C=O) groups is 1. The van der Waals surface area contributed by atoms with Crippen LogP contribution in [0.3, 0.4) is 0 Å². The molecule has 1 aliphatic heterocycles. The Morgan fingerprint density at radius 1 is 1.04 bits per heavy atom. The fourth-order valence-corrected chi connectivity index (χ4v) is 6.14.